The van der Waals surface area contributed by atoms with Crippen LogP contribution in [0.1, 0.15) is 41.7 Å². The van der Waals surface area contributed by atoms with Crippen LogP contribution in [0.3, 0.4) is 0 Å². The molecule has 3 rings (SSSR count). The molecule has 1 amide bonds. The molecule has 0 bridgehead atoms. The van der Waals surface area contributed by atoms with Crippen LogP contribution in [0.25, 0.3) is 0 Å². The molecular weight excluding hydrogens is 343 g/mol. The van der Waals surface area contributed by atoms with Gasteiger partial charge in [-0.1, -0.05) is 37.3 Å². The lowest BCUT2D eigenvalue weighted by molar-refractivity contribution is 0.0907. The zero-order chi connectivity index (χ0) is 19.2. The highest BCUT2D eigenvalue weighted by atomic mass is 19.1. The van der Waals surface area contributed by atoms with Crippen molar-refractivity contribution in [3.05, 3.63) is 65.5 Å². The van der Waals surface area contributed by atoms with Crippen molar-refractivity contribution in [2.24, 2.45) is 5.92 Å². The molecule has 0 saturated carbocycles. The lowest BCUT2D eigenvalue weighted by Gasteiger charge is -2.37. The van der Waals surface area contributed by atoms with Crippen LogP contribution in [0.5, 0.6) is 5.75 Å². The number of carbonyl (C=O) groups is 1. The number of para-hydroxylation sites is 1. The van der Waals surface area contributed by atoms with Crippen molar-refractivity contribution in [1.82, 2.24) is 10.2 Å². The average molecular weight is 370 g/mol. The van der Waals surface area contributed by atoms with Gasteiger partial charge in [-0.2, -0.15) is 0 Å². The summed E-state index contributed by atoms with van der Waals surface area (Å²) in [4.78, 5) is 14.9. The van der Waals surface area contributed by atoms with Gasteiger partial charge in [0.1, 0.15) is 11.6 Å². The monoisotopic (exact) mass is 370 g/mol. The highest BCUT2D eigenvalue weighted by Gasteiger charge is 2.27. The van der Waals surface area contributed by atoms with Gasteiger partial charge in [0.05, 0.1) is 18.7 Å². The van der Waals surface area contributed by atoms with E-state index in [9.17, 15) is 9.18 Å². The number of nitrogens with one attached hydrogen (secondary N) is 1. The van der Waals surface area contributed by atoms with Crippen LogP contribution in [0, 0.1) is 11.7 Å². The fraction of sp³-hybridized carbons (Fsp3) is 0.409. The Morgan fingerprint density at radius 1 is 1.19 bits per heavy atom. The van der Waals surface area contributed by atoms with Crippen molar-refractivity contribution in [3.63, 3.8) is 0 Å². The molecule has 0 aliphatic carbocycles. The first-order chi connectivity index (χ1) is 13.1. The Morgan fingerprint density at radius 3 is 2.56 bits per heavy atom. The largest absolute Gasteiger partial charge is 0.496 e. The molecule has 4 nitrogen and oxygen atoms in total. The predicted octanol–water partition coefficient (Wildman–Crippen LogP) is 4.04. The van der Waals surface area contributed by atoms with Gasteiger partial charge in [0.25, 0.3) is 5.91 Å². The zero-order valence-electron chi connectivity index (χ0n) is 16.0. The van der Waals surface area contributed by atoms with Crippen LogP contribution >= 0.6 is 0 Å². The summed E-state index contributed by atoms with van der Waals surface area (Å²) >= 11 is 0. The number of nitrogens with zero attached hydrogens (tertiary/aromatic N) is 1. The zero-order valence-corrected chi connectivity index (χ0v) is 16.0. The van der Waals surface area contributed by atoms with Gasteiger partial charge in [0.2, 0.25) is 0 Å². The van der Waals surface area contributed by atoms with E-state index >= 15 is 0 Å². The number of hydrogen-bond donors (Lipinski definition) is 1. The lowest BCUT2D eigenvalue weighted by Crippen LogP contribution is -2.42. The van der Waals surface area contributed by atoms with Crippen LogP contribution in [-0.2, 0) is 0 Å². The Balaban J connectivity index is 1.80. The van der Waals surface area contributed by atoms with Gasteiger partial charge >= 0.3 is 0 Å². The fourth-order valence-electron chi connectivity index (χ4n) is 3.65. The van der Waals surface area contributed by atoms with E-state index in [1.54, 1.807) is 19.2 Å². The van der Waals surface area contributed by atoms with Gasteiger partial charge in [-0.15, -0.1) is 0 Å². The molecule has 2 aromatic carbocycles. The van der Waals surface area contributed by atoms with E-state index < -0.39 is 11.7 Å². The van der Waals surface area contributed by atoms with E-state index in [1.807, 2.05) is 24.3 Å². The first-order valence-corrected chi connectivity index (χ1v) is 9.50. The number of benzene rings is 2. The smallest absolute Gasteiger partial charge is 0.254 e. The minimum absolute atomic E-state index is 0.00984. The topological polar surface area (TPSA) is 41.6 Å². The number of methoxy groups -OCH3 is 1. The number of hydrogen-bond acceptors (Lipinski definition) is 3. The van der Waals surface area contributed by atoms with Crippen molar-refractivity contribution >= 4 is 5.91 Å². The third kappa shape index (κ3) is 4.66. The molecule has 144 valence electrons. The first kappa shape index (κ1) is 19.4. The highest BCUT2D eigenvalue weighted by Crippen LogP contribution is 2.32. The fourth-order valence-corrected chi connectivity index (χ4v) is 3.65. The summed E-state index contributed by atoms with van der Waals surface area (Å²) in [6, 6.07) is 13.9. The van der Waals surface area contributed by atoms with E-state index in [0.29, 0.717) is 12.5 Å². The molecule has 5 heteroatoms. The summed E-state index contributed by atoms with van der Waals surface area (Å²) < 4.78 is 19.5. The van der Waals surface area contributed by atoms with Crippen LogP contribution in [0.2, 0.25) is 0 Å². The number of rotatable bonds is 6. The van der Waals surface area contributed by atoms with E-state index in [0.717, 1.165) is 37.2 Å². The Kier molecular flexibility index (Phi) is 6.45. The first-order valence-electron chi connectivity index (χ1n) is 9.50. The van der Waals surface area contributed by atoms with E-state index in [-0.39, 0.29) is 11.6 Å². The normalized spacial score (nSPS) is 16.7. The Bertz CT molecular complexity index is 772. The van der Waals surface area contributed by atoms with Crippen molar-refractivity contribution in [3.8, 4) is 5.75 Å². The van der Waals surface area contributed by atoms with Crippen LogP contribution in [-0.4, -0.2) is 37.6 Å². The molecule has 1 aliphatic heterocycles. The molecule has 2 aromatic rings. The van der Waals surface area contributed by atoms with E-state index in [2.05, 4.69) is 17.1 Å². The van der Waals surface area contributed by atoms with Crippen LogP contribution in [0.4, 0.5) is 4.39 Å². The highest BCUT2D eigenvalue weighted by molar-refractivity contribution is 5.94. The third-order valence-electron chi connectivity index (χ3n) is 5.33. The summed E-state index contributed by atoms with van der Waals surface area (Å²) in [5.74, 6) is 0.628. The minimum Gasteiger partial charge on any atom is -0.496 e. The van der Waals surface area contributed by atoms with Crippen LogP contribution < -0.4 is 10.1 Å². The molecule has 1 aliphatic rings. The van der Waals surface area contributed by atoms with Crippen molar-refractivity contribution in [2.45, 2.75) is 25.8 Å². The quantitative estimate of drug-likeness (QED) is 0.834. The maximum Gasteiger partial charge on any atom is 0.254 e. The molecule has 0 spiro atoms. The molecule has 1 N–H and O–H groups in total. The van der Waals surface area contributed by atoms with Crippen LogP contribution in [0.15, 0.2) is 48.5 Å². The molecule has 0 radical (unpaired) electrons. The summed E-state index contributed by atoms with van der Waals surface area (Å²) in [7, 11) is 1.66. The molecule has 1 fully saturated rings. The molecule has 1 heterocycles. The number of piperidine rings is 1. The maximum absolute atomic E-state index is 13.9. The van der Waals surface area contributed by atoms with Gasteiger partial charge in [-0.3, -0.25) is 9.69 Å². The van der Waals surface area contributed by atoms with Gasteiger partial charge in [0, 0.05) is 12.1 Å². The molecule has 1 unspecified atom stereocenters. The molecule has 1 saturated heterocycles. The van der Waals surface area contributed by atoms with Crippen molar-refractivity contribution in [1.29, 1.82) is 0 Å². The number of ether oxygens (including phenoxy) is 1. The Morgan fingerprint density at radius 2 is 1.85 bits per heavy atom. The SMILES string of the molecule is COc1ccccc1C(CNC(=O)c1ccccc1F)N1CCC(C)CC1. The average Bonchev–Trinajstić information content (AvgIpc) is 2.70. The Labute approximate surface area is 160 Å². The second-order valence-corrected chi connectivity index (χ2v) is 7.17. The number of likely N-dealkylation sites (tertiary alicyclic amines) is 1. The van der Waals surface area contributed by atoms with Gasteiger partial charge in [0.15, 0.2) is 0 Å². The number of amides is 1. The van der Waals surface area contributed by atoms with Gasteiger partial charge in [-0.25, -0.2) is 4.39 Å². The minimum atomic E-state index is -0.504. The summed E-state index contributed by atoms with van der Waals surface area (Å²) in [5.41, 5.74) is 1.12. The molecular formula is C22H27FN2O2. The van der Waals surface area contributed by atoms with Crippen molar-refractivity contribution in [2.75, 3.05) is 26.7 Å². The Hall–Kier alpha value is -2.40. The second kappa shape index (κ2) is 9.00. The number of carbonyl (C=O) groups excluding carboxylic acids is 1. The maximum atomic E-state index is 13.9. The summed E-state index contributed by atoms with van der Waals surface area (Å²) in [5, 5.41) is 2.92. The van der Waals surface area contributed by atoms with E-state index in [1.165, 1.54) is 12.1 Å². The van der Waals surface area contributed by atoms with E-state index in [4.69, 9.17) is 4.74 Å². The van der Waals surface area contributed by atoms with Gasteiger partial charge in [-0.05, 0) is 50.0 Å². The predicted molar refractivity (Wildman–Crippen MR) is 104 cm³/mol. The standard InChI is InChI=1S/C22H27FN2O2/c1-16-11-13-25(14-12-16)20(18-8-4-6-10-21(18)27-2)15-24-22(26)17-7-3-5-9-19(17)23/h3-10,16,20H,11-15H2,1-2H3,(H,24,26). The second-order valence-electron chi connectivity index (χ2n) is 7.17. The van der Waals surface area contributed by atoms with Gasteiger partial charge < -0.3 is 10.1 Å². The number of halogens is 1. The lowest BCUT2D eigenvalue weighted by atomic mass is 9.95. The summed E-state index contributed by atoms with van der Waals surface area (Å²) in [6.45, 7) is 4.62. The third-order valence-corrected chi connectivity index (χ3v) is 5.33. The summed E-state index contributed by atoms with van der Waals surface area (Å²) in [6.07, 6.45) is 2.26. The molecule has 0 aromatic heterocycles. The van der Waals surface area contributed by atoms with Crippen molar-refractivity contribution < 1.29 is 13.9 Å². The molecule has 1 atom stereocenters. The molecule has 27 heavy (non-hydrogen) atoms.